The van der Waals surface area contributed by atoms with E-state index in [1.807, 2.05) is 140 Å². The van der Waals surface area contributed by atoms with Gasteiger partial charge in [-0.1, -0.05) is 135 Å². The second kappa shape index (κ2) is 24.5. The number of carbonyl (C=O) groups is 6. The van der Waals surface area contributed by atoms with Gasteiger partial charge in [0.2, 0.25) is 0 Å². The van der Waals surface area contributed by atoms with Crippen molar-refractivity contribution in [2.75, 3.05) is 13.1 Å². The molecule has 0 heterocycles. The Kier molecular flexibility index (Phi) is 20.8. The lowest BCUT2D eigenvalue weighted by Crippen LogP contribution is -2.41. The number of amides is 2. The number of alkyl carbamates (subject to hydrolysis) is 2. The molecule has 2 N–H and O–H groups in total. The molecule has 2 unspecified atom stereocenters. The van der Waals surface area contributed by atoms with Gasteiger partial charge in [-0.05, 0) is 116 Å². The van der Waals surface area contributed by atoms with Gasteiger partial charge in [-0.15, -0.1) is 0 Å². The third-order valence-electron chi connectivity index (χ3n) is 10.4. The van der Waals surface area contributed by atoms with Gasteiger partial charge in [0.15, 0.2) is 23.8 Å². The summed E-state index contributed by atoms with van der Waals surface area (Å²) in [6.07, 6.45) is 25.1. The largest absolute Gasteiger partial charge is 0.453 e. The quantitative estimate of drug-likeness (QED) is 0.0865. The molecule has 2 rings (SSSR count). The van der Waals surface area contributed by atoms with Crippen molar-refractivity contribution >= 4 is 35.7 Å². The van der Waals surface area contributed by atoms with E-state index in [0.29, 0.717) is 24.0 Å². The lowest BCUT2D eigenvalue weighted by atomic mass is 9.71. The molecule has 2 aliphatic carbocycles. The Morgan fingerprint density at radius 2 is 0.848 bits per heavy atom. The van der Waals surface area contributed by atoms with Crippen LogP contribution in [0.25, 0.3) is 0 Å². The molecular formula is C54H74N2O10. The van der Waals surface area contributed by atoms with Crippen molar-refractivity contribution < 1.29 is 47.7 Å². The molecule has 2 aliphatic rings. The van der Waals surface area contributed by atoms with Crippen LogP contribution in [0.5, 0.6) is 0 Å². The van der Waals surface area contributed by atoms with Crippen molar-refractivity contribution in [2.24, 2.45) is 10.8 Å². The first-order valence-electron chi connectivity index (χ1n) is 22.3. The van der Waals surface area contributed by atoms with Crippen molar-refractivity contribution in [3.05, 3.63) is 130 Å². The average Bonchev–Trinajstić information content (AvgIpc) is 3.17. The molecule has 0 radical (unpaired) electrons. The number of nitrogens with one attached hydrogen (secondary N) is 2. The summed E-state index contributed by atoms with van der Waals surface area (Å²) in [5.74, 6) is -1.92. The molecule has 0 spiro atoms. The summed E-state index contributed by atoms with van der Waals surface area (Å²) in [5.41, 5.74) is 4.64. The molecule has 66 heavy (non-hydrogen) atoms. The number of allylic oxidation sites excluding steroid dienone is 20. The van der Waals surface area contributed by atoms with Crippen LogP contribution in [0, 0.1) is 10.8 Å². The fraction of sp³-hybridized carbons (Fsp3) is 0.481. The number of carbonyl (C=O) groups excluding carboxylic acids is 6. The van der Waals surface area contributed by atoms with Crippen LogP contribution in [0.3, 0.4) is 0 Å². The highest BCUT2D eigenvalue weighted by Crippen LogP contribution is 2.42. The van der Waals surface area contributed by atoms with Crippen molar-refractivity contribution in [3.63, 3.8) is 0 Å². The van der Waals surface area contributed by atoms with Crippen LogP contribution in [0.2, 0.25) is 0 Å². The van der Waals surface area contributed by atoms with Gasteiger partial charge in [0.05, 0.1) is 0 Å². The Balaban J connectivity index is 1.95. The predicted molar refractivity (Wildman–Crippen MR) is 261 cm³/mol. The number of Topliss-reactive ketones (excluding diaryl/α,β-unsaturated/α-hetero) is 2. The van der Waals surface area contributed by atoms with E-state index in [1.165, 1.54) is 0 Å². The van der Waals surface area contributed by atoms with Gasteiger partial charge in [-0.3, -0.25) is 19.2 Å². The van der Waals surface area contributed by atoms with Crippen molar-refractivity contribution in [2.45, 2.75) is 147 Å². The van der Waals surface area contributed by atoms with Gasteiger partial charge in [-0.2, -0.15) is 0 Å². The van der Waals surface area contributed by atoms with Crippen molar-refractivity contribution in [1.29, 1.82) is 0 Å². The molecule has 2 atom stereocenters. The lowest BCUT2D eigenvalue weighted by Gasteiger charge is -2.36. The Bertz CT molecular complexity index is 2040. The SMILES string of the molecule is CC1=C(/C=C/C(C)=C/C=C/C(C)=C/C=C/C=C(C)/C=C/C=C(C)/C=C/C2=C(C)C(=O)C(OC(=O)CNC(=O)OC(C)(C)C)CC2(C)C)C(C)(C)CC(OC(=O)CNC(=O)OC(C)(C)C)C1=O. The Hall–Kier alpha value is -6.04. The van der Waals surface area contributed by atoms with Crippen LogP contribution in [0.1, 0.15) is 124 Å². The second-order valence-corrected chi connectivity index (χ2v) is 20.1. The van der Waals surface area contributed by atoms with Gasteiger partial charge in [0.1, 0.15) is 24.3 Å². The molecule has 0 aromatic heterocycles. The first kappa shape index (κ1) is 56.1. The maximum Gasteiger partial charge on any atom is 0.408 e. The molecule has 0 aromatic carbocycles. The molecule has 2 amide bonds. The molecule has 0 aliphatic heterocycles. The highest BCUT2D eigenvalue weighted by atomic mass is 16.6. The fourth-order valence-corrected chi connectivity index (χ4v) is 7.07. The topological polar surface area (TPSA) is 163 Å². The van der Waals surface area contributed by atoms with Crippen LogP contribution in [0.4, 0.5) is 9.59 Å². The summed E-state index contributed by atoms with van der Waals surface area (Å²) < 4.78 is 21.3. The molecule has 0 fully saturated rings. The average molecular weight is 911 g/mol. The molecule has 12 nitrogen and oxygen atoms in total. The number of ether oxygens (including phenoxy) is 4. The molecule has 0 bridgehead atoms. The molecule has 0 aromatic rings. The van der Waals surface area contributed by atoms with Crippen LogP contribution >= 0.6 is 0 Å². The van der Waals surface area contributed by atoms with Crippen molar-refractivity contribution in [1.82, 2.24) is 10.6 Å². The minimum absolute atomic E-state index is 0.256. The molecule has 12 heteroatoms. The zero-order valence-corrected chi connectivity index (χ0v) is 42.1. The van der Waals surface area contributed by atoms with E-state index in [4.69, 9.17) is 18.9 Å². The number of esters is 2. The molecule has 0 saturated carbocycles. The molecular weight excluding hydrogens is 837 g/mol. The highest BCUT2D eigenvalue weighted by Gasteiger charge is 2.41. The van der Waals surface area contributed by atoms with Gasteiger partial charge in [0, 0.05) is 12.8 Å². The number of rotatable bonds is 16. The Labute approximate surface area is 393 Å². The summed E-state index contributed by atoms with van der Waals surface area (Å²) in [4.78, 5) is 75.1. The van der Waals surface area contributed by atoms with Gasteiger partial charge < -0.3 is 29.6 Å². The lowest BCUT2D eigenvalue weighted by molar-refractivity contribution is -0.155. The summed E-state index contributed by atoms with van der Waals surface area (Å²) in [7, 11) is 0. The fourth-order valence-electron chi connectivity index (χ4n) is 7.07. The van der Waals surface area contributed by atoms with E-state index < -0.39 is 71.5 Å². The van der Waals surface area contributed by atoms with Crippen LogP contribution < -0.4 is 10.6 Å². The van der Waals surface area contributed by atoms with E-state index in [-0.39, 0.29) is 11.6 Å². The monoisotopic (exact) mass is 911 g/mol. The minimum Gasteiger partial charge on any atom is -0.453 e. The van der Waals surface area contributed by atoms with E-state index in [1.54, 1.807) is 55.4 Å². The van der Waals surface area contributed by atoms with Crippen LogP contribution in [-0.4, -0.2) is 72.2 Å². The maximum atomic E-state index is 13.2. The smallest absolute Gasteiger partial charge is 0.408 e. The van der Waals surface area contributed by atoms with E-state index in [2.05, 4.69) is 10.6 Å². The predicted octanol–water partition coefficient (Wildman–Crippen LogP) is 11.1. The third kappa shape index (κ3) is 20.0. The van der Waals surface area contributed by atoms with Gasteiger partial charge >= 0.3 is 24.1 Å². The summed E-state index contributed by atoms with van der Waals surface area (Å²) in [6, 6.07) is 0. The van der Waals surface area contributed by atoms with Gasteiger partial charge in [0.25, 0.3) is 0 Å². The van der Waals surface area contributed by atoms with E-state index in [9.17, 15) is 28.8 Å². The first-order chi connectivity index (χ1) is 30.4. The van der Waals surface area contributed by atoms with Crippen molar-refractivity contribution in [3.8, 4) is 0 Å². The summed E-state index contributed by atoms with van der Waals surface area (Å²) in [6.45, 7) is 29.1. The molecule has 360 valence electrons. The normalized spacial score (nSPS) is 20.3. The van der Waals surface area contributed by atoms with E-state index in [0.717, 1.165) is 33.4 Å². The molecule has 0 saturated heterocycles. The Morgan fingerprint density at radius 3 is 1.17 bits per heavy atom. The number of hydrogen-bond donors (Lipinski definition) is 2. The number of ketones is 2. The van der Waals surface area contributed by atoms with Crippen LogP contribution in [-0.2, 0) is 38.1 Å². The summed E-state index contributed by atoms with van der Waals surface area (Å²) >= 11 is 0. The third-order valence-corrected chi connectivity index (χ3v) is 10.4. The van der Waals surface area contributed by atoms with Crippen LogP contribution in [0.15, 0.2) is 130 Å². The standard InChI is InChI=1S/C54H74N2O10/c1-35(23-19-25-37(3)27-29-41-39(5)47(59)43(31-53(41,13)14)63-45(57)33-55-49(61)65-51(7,8)9)21-17-18-22-36(2)24-20-26-38(4)28-30-42-40(6)48(60)44(32-54(42,15)16)64-46(58)34-56-50(62)66-52(10,11)12/h17-30,43-44H,31-34H2,1-16H3,(H,55,61)(H,56,62)/b18-17+,23-19+,24-20+,29-27+,30-28+,35-21+,36-22+,37-25+,38-26+. The van der Waals surface area contributed by atoms with E-state index >= 15 is 0 Å². The second-order valence-electron chi connectivity index (χ2n) is 20.1. The highest BCUT2D eigenvalue weighted by molar-refractivity contribution is 6.02. The Morgan fingerprint density at radius 1 is 0.545 bits per heavy atom. The van der Waals surface area contributed by atoms with Gasteiger partial charge in [-0.25, -0.2) is 9.59 Å². The number of hydrogen-bond acceptors (Lipinski definition) is 10. The summed E-state index contributed by atoms with van der Waals surface area (Å²) in [5, 5.41) is 4.74. The minimum atomic E-state index is -0.937. The maximum absolute atomic E-state index is 13.2. The zero-order valence-electron chi connectivity index (χ0n) is 42.1. The zero-order chi connectivity index (χ0) is 50.2. The first-order valence-corrected chi connectivity index (χ1v) is 22.3.